The molecule has 1 N–H and O–H groups in total. The van der Waals surface area contributed by atoms with Crippen LogP contribution in [-0.4, -0.2) is 12.5 Å². The molecule has 1 amide bonds. The number of benzene rings is 2. The highest BCUT2D eigenvalue weighted by molar-refractivity contribution is 5.91. The van der Waals surface area contributed by atoms with Crippen LogP contribution in [0.25, 0.3) is 6.08 Å². The van der Waals surface area contributed by atoms with E-state index in [1.807, 2.05) is 36.4 Å². The van der Waals surface area contributed by atoms with E-state index in [1.54, 1.807) is 6.08 Å². The van der Waals surface area contributed by atoms with E-state index in [0.717, 1.165) is 18.4 Å². The minimum atomic E-state index is -0.0391. The normalized spacial score (nSPS) is 10.7. The highest BCUT2D eigenvalue weighted by atomic mass is 16.1. The standard InChI is InChI=1S/C19H21NO/c1-16-9-11-18(12-10-16)8-5-15-20-19(21)14-13-17-6-3-2-4-7-17/h2-4,6-7,9-14H,5,8,15H2,1H3,(H,20,21)/b14-13+. The summed E-state index contributed by atoms with van der Waals surface area (Å²) in [5, 5.41) is 2.91. The van der Waals surface area contributed by atoms with E-state index in [-0.39, 0.29) is 5.91 Å². The van der Waals surface area contributed by atoms with Gasteiger partial charge in [-0.05, 0) is 37.0 Å². The Labute approximate surface area is 126 Å². The van der Waals surface area contributed by atoms with Crippen LogP contribution >= 0.6 is 0 Å². The summed E-state index contributed by atoms with van der Waals surface area (Å²) < 4.78 is 0. The Morgan fingerprint density at radius 1 is 1.05 bits per heavy atom. The Hall–Kier alpha value is -2.35. The monoisotopic (exact) mass is 279 g/mol. The third-order valence-corrected chi connectivity index (χ3v) is 3.29. The van der Waals surface area contributed by atoms with Gasteiger partial charge in [0, 0.05) is 12.6 Å². The zero-order valence-corrected chi connectivity index (χ0v) is 12.4. The van der Waals surface area contributed by atoms with Crippen molar-refractivity contribution >= 4 is 12.0 Å². The van der Waals surface area contributed by atoms with Crippen LogP contribution in [0.4, 0.5) is 0 Å². The van der Waals surface area contributed by atoms with E-state index in [0.29, 0.717) is 6.54 Å². The molecule has 0 unspecified atom stereocenters. The van der Waals surface area contributed by atoms with Gasteiger partial charge in [-0.3, -0.25) is 4.79 Å². The van der Waals surface area contributed by atoms with Crippen LogP contribution in [-0.2, 0) is 11.2 Å². The van der Waals surface area contributed by atoms with Crippen molar-refractivity contribution in [3.63, 3.8) is 0 Å². The van der Waals surface area contributed by atoms with Crippen LogP contribution in [0.3, 0.4) is 0 Å². The van der Waals surface area contributed by atoms with Crippen LogP contribution in [0.1, 0.15) is 23.1 Å². The van der Waals surface area contributed by atoms with E-state index >= 15 is 0 Å². The number of rotatable bonds is 6. The maximum atomic E-state index is 11.7. The first kappa shape index (κ1) is 15.0. The number of nitrogens with one attached hydrogen (secondary N) is 1. The average Bonchev–Trinajstić information content (AvgIpc) is 2.52. The molecule has 0 radical (unpaired) electrons. The van der Waals surface area contributed by atoms with Gasteiger partial charge in [-0.1, -0.05) is 60.2 Å². The van der Waals surface area contributed by atoms with E-state index in [1.165, 1.54) is 11.1 Å². The number of amides is 1. The average molecular weight is 279 g/mol. The van der Waals surface area contributed by atoms with Gasteiger partial charge in [0.2, 0.25) is 5.91 Å². The Balaban J connectivity index is 1.67. The zero-order valence-electron chi connectivity index (χ0n) is 12.4. The van der Waals surface area contributed by atoms with Crippen molar-refractivity contribution in [2.24, 2.45) is 0 Å². The van der Waals surface area contributed by atoms with E-state index in [2.05, 4.69) is 36.5 Å². The zero-order chi connectivity index (χ0) is 14.9. The van der Waals surface area contributed by atoms with Gasteiger partial charge >= 0.3 is 0 Å². The topological polar surface area (TPSA) is 29.1 Å². The van der Waals surface area contributed by atoms with Gasteiger partial charge in [0.1, 0.15) is 0 Å². The first-order chi connectivity index (χ1) is 10.2. The third-order valence-electron chi connectivity index (χ3n) is 3.29. The van der Waals surface area contributed by atoms with E-state index in [9.17, 15) is 4.79 Å². The maximum Gasteiger partial charge on any atom is 0.243 e. The summed E-state index contributed by atoms with van der Waals surface area (Å²) in [5.74, 6) is -0.0391. The highest BCUT2D eigenvalue weighted by Gasteiger charge is 1.96. The van der Waals surface area contributed by atoms with Crippen LogP contribution in [0.2, 0.25) is 0 Å². The molecule has 0 saturated heterocycles. The van der Waals surface area contributed by atoms with Crippen molar-refractivity contribution < 1.29 is 4.79 Å². The number of hydrogen-bond donors (Lipinski definition) is 1. The lowest BCUT2D eigenvalue weighted by Crippen LogP contribution is -2.22. The molecule has 2 heteroatoms. The minimum Gasteiger partial charge on any atom is -0.353 e. The third kappa shape index (κ3) is 5.65. The molecule has 0 bridgehead atoms. The molecule has 0 aliphatic rings. The van der Waals surface area contributed by atoms with Crippen molar-refractivity contribution in [1.29, 1.82) is 0 Å². The smallest absolute Gasteiger partial charge is 0.243 e. The SMILES string of the molecule is Cc1ccc(CCCNC(=O)/C=C/c2ccccc2)cc1. The second-order valence-corrected chi connectivity index (χ2v) is 5.12. The number of carbonyl (C=O) groups is 1. The molecular formula is C19H21NO. The lowest BCUT2D eigenvalue weighted by atomic mass is 10.1. The lowest BCUT2D eigenvalue weighted by Gasteiger charge is -2.03. The fraction of sp³-hybridized carbons (Fsp3) is 0.211. The summed E-state index contributed by atoms with van der Waals surface area (Å²) >= 11 is 0. The Kier molecular flexibility index (Phi) is 5.77. The van der Waals surface area contributed by atoms with Crippen molar-refractivity contribution in [2.75, 3.05) is 6.54 Å². The molecule has 0 spiro atoms. The molecular weight excluding hydrogens is 258 g/mol. The predicted octanol–water partition coefficient (Wildman–Crippen LogP) is 3.76. The van der Waals surface area contributed by atoms with Crippen LogP contribution in [0.5, 0.6) is 0 Å². The van der Waals surface area contributed by atoms with Gasteiger partial charge in [-0.25, -0.2) is 0 Å². The largest absolute Gasteiger partial charge is 0.353 e. The number of carbonyl (C=O) groups excluding carboxylic acids is 1. The molecule has 2 aromatic rings. The van der Waals surface area contributed by atoms with Gasteiger partial charge in [-0.15, -0.1) is 0 Å². The van der Waals surface area contributed by atoms with Crippen molar-refractivity contribution in [1.82, 2.24) is 5.32 Å². The van der Waals surface area contributed by atoms with Gasteiger partial charge in [0.05, 0.1) is 0 Å². The fourth-order valence-corrected chi connectivity index (χ4v) is 2.05. The predicted molar refractivity (Wildman–Crippen MR) is 88.0 cm³/mol. The molecule has 2 rings (SSSR count). The molecule has 2 aromatic carbocycles. The van der Waals surface area contributed by atoms with Gasteiger partial charge in [-0.2, -0.15) is 0 Å². The van der Waals surface area contributed by atoms with Crippen LogP contribution in [0.15, 0.2) is 60.7 Å². The lowest BCUT2D eigenvalue weighted by molar-refractivity contribution is -0.116. The summed E-state index contributed by atoms with van der Waals surface area (Å²) in [6.45, 7) is 2.79. The molecule has 0 atom stereocenters. The summed E-state index contributed by atoms with van der Waals surface area (Å²) in [7, 11) is 0. The molecule has 2 nitrogen and oxygen atoms in total. The minimum absolute atomic E-state index is 0.0391. The van der Waals surface area contributed by atoms with E-state index in [4.69, 9.17) is 0 Å². The molecule has 108 valence electrons. The molecule has 0 saturated carbocycles. The van der Waals surface area contributed by atoms with Crippen molar-refractivity contribution in [2.45, 2.75) is 19.8 Å². The number of hydrogen-bond acceptors (Lipinski definition) is 1. The summed E-state index contributed by atoms with van der Waals surface area (Å²) in [4.78, 5) is 11.7. The maximum absolute atomic E-state index is 11.7. The Bertz CT molecular complexity index is 585. The fourth-order valence-electron chi connectivity index (χ4n) is 2.05. The van der Waals surface area contributed by atoms with Crippen molar-refractivity contribution in [3.8, 4) is 0 Å². The quantitative estimate of drug-likeness (QED) is 0.633. The molecule has 0 aliphatic heterocycles. The first-order valence-corrected chi connectivity index (χ1v) is 7.30. The van der Waals surface area contributed by atoms with Crippen LogP contribution in [0, 0.1) is 6.92 Å². The van der Waals surface area contributed by atoms with Gasteiger partial charge in [0.25, 0.3) is 0 Å². The summed E-state index contributed by atoms with van der Waals surface area (Å²) in [6, 6.07) is 18.4. The van der Waals surface area contributed by atoms with E-state index < -0.39 is 0 Å². The molecule has 21 heavy (non-hydrogen) atoms. The Morgan fingerprint density at radius 2 is 1.76 bits per heavy atom. The molecule has 0 aliphatic carbocycles. The Morgan fingerprint density at radius 3 is 2.48 bits per heavy atom. The second kappa shape index (κ2) is 8.05. The van der Waals surface area contributed by atoms with Gasteiger partial charge in [0.15, 0.2) is 0 Å². The molecule has 0 fully saturated rings. The van der Waals surface area contributed by atoms with Crippen molar-refractivity contribution in [3.05, 3.63) is 77.4 Å². The summed E-state index contributed by atoms with van der Waals surface area (Å²) in [5.41, 5.74) is 3.63. The number of aryl methyl sites for hydroxylation is 2. The molecule has 0 aromatic heterocycles. The molecule has 0 heterocycles. The summed E-state index contributed by atoms with van der Waals surface area (Å²) in [6.07, 6.45) is 5.35. The highest BCUT2D eigenvalue weighted by Crippen LogP contribution is 2.05. The van der Waals surface area contributed by atoms with Gasteiger partial charge < -0.3 is 5.32 Å². The first-order valence-electron chi connectivity index (χ1n) is 7.30. The second-order valence-electron chi connectivity index (χ2n) is 5.12. The van der Waals surface area contributed by atoms with Crippen LogP contribution < -0.4 is 5.32 Å².